The molecule has 1 aromatic rings. The lowest BCUT2D eigenvalue weighted by molar-refractivity contribution is 0.0620. The van der Waals surface area contributed by atoms with Crippen molar-refractivity contribution in [1.29, 1.82) is 0 Å². The first-order valence-corrected chi connectivity index (χ1v) is 11.4. The summed E-state index contributed by atoms with van der Waals surface area (Å²) in [5.41, 5.74) is 2.97. The molecule has 1 atom stereocenters. The van der Waals surface area contributed by atoms with Crippen LogP contribution in [0.3, 0.4) is 0 Å². The SMILES string of the molecule is Cc1cc(C)cc(C(=O)N2CCC(C3CCCCN3S(C)(=O)=O)CC2)c1. The smallest absolute Gasteiger partial charge is 0.253 e. The fourth-order valence-corrected chi connectivity index (χ4v) is 5.81. The van der Waals surface area contributed by atoms with Crippen LogP contribution in [0.1, 0.15) is 53.6 Å². The first-order valence-electron chi connectivity index (χ1n) is 9.60. The van der Waals surface area contributed by atoms with Crippen LogP contribution in [0.2, 0.25) is 0 Å². The number of amides is 1. The molecular formula is C20H30N2O3S. The van der Waals surface area contributed by atoms with Gasteiger partial charge in [-0.1, -0.05) is 23.6 Å². The third kappa shape index (κ3) is 4.29. The van der Waals surface area contributed by atoms with E-state index in [2.05, 4.69) is 6.07 Å². The number of hydrogen-bond donors (Lipinski definition) is 0. The molecule has 2 aliphatic rings. The maximum Gasteiger partial charge on any atom is 0.253 e. The molecule has 5 nitrogen and oxygen atoms in total. The summed E-state index contributed by atoms with van der Waals surface area (Å²) in [5.74, 6) is 0.451. The average molecular weight is 379 g/mol. The Labute approximate surface area is 157 Å². The minimum Gasteiger partial charge on any atom is -0.339 e. The van der Waals surface area contributed by atoms with Gasteiger partial charge in [-0.25, -0.2) is 8.42 Å². The molecule has 1 amide bonds. The van der Waals surface area contributed by atoms with E-state index in [-0.39, 0.29) is 11.9 Å². The van der Waals surface area contributed by atoms with Gasteiger partial charge in [0.05, 0.1) is 6.26 Å². The molecule has 26 heavy (non-hydrogen) atoms. The number of hydrogen-bond acceptors (Lipinski definition) is 3. The summed E-state index contributed by atoms with van der Waals surface area (Å²) < 4.78 is 26.0. The monoisotopic (exact) mass is 378 g/mol. The van der Waals surface area contributed by atoms with Gasteiger partial charge in [0.25, 0.3) is 5.91 Å². The van der Waals surface area contributed by atoms with E-state index in [1.165, 1.54) is 6.26 Å². The molecule has 0 saturated carbocycles. The summed E-state index contributed by atoms with van der Waals surface area (Å²) in [5, 5.41) is 0. The molecule has 0 radical (unpaired) electrons. The fraction of sp³-hybridized carbons (Fsp3) is 0.650. The number of benzene rings is 1. The van der Waals surface area contributed by atoms with Crippen LogP contribution in [0.4, 0.5) is 0 Å². The van der Waals surface area contributed by atoms with Gasteiger partial charge in [-0.3, -0.25) is 4.79 Å². The molecule has 0 bridgehead atoms. The second-order valence-electron chi connectivity index (χ2n) is 7.94. The van der Waals surface area contributed by atoms with Crippen LogP contribution >= 0.6 is 0 Å². The van der Waals surface area contributed by atoms with Crippen molar-refractivity contribution < 1.29 is 13.2 Å². The minimum atomic E-state index is -3.15. The standard InChI is InChI=1S/C20H30N2O3S/c1-15-12-16(2)14-18(13-15)20(23)21-10-7-17(8-11-21)19-6-4-5-9-22(19)26(3,24)25/h12-14,17,19H,4-11H2,1-3H3. The number of aryl methyl sites for hydroxylation is 2. The van der Waals surface area contributed by atoms with Crippen LogP contribution < -0.4 is 0 Å². The lowest BCUT2D eigenvalue weighted by Gasteiger charge is -2.42. The largest absolute Gasteiger partial charge is 0.339 e. The molecule has 1 aromatic carbocycles. The van der Waals surface area contributed by atoms with E-state index in [0.717, 1.165) is 48.8 Å². The number of nitrogens with zero attached hydrogens (tertiary/aromatic N) is 2. The Bertz CT molecular complexity index is 747. The third-order valence-corrected chi connectivity index (χ3v) is 7.07. The summed E-state index contributed by atoms with van der Waals surface area (Å²) >= 11 is 0. The molecule has 2 heterocycles. The van der Waals surface area contributed by atoms with E-state index in [1.54, 1.807) is 4.31 Å². The Kier molecular flexibility index (Phi) is 5.72. The zero-order chi connectivity index (χ0) is 18.9. The summed E-state index contributed by atoms with van der Waals surface area (Å²) in [6.45, 7) is 6.10. The second-order valence-corrected chi connectivity index (χ2v) is 9.88. The molecule has 1 unspecified atom stereocenters. The minimum absolute atomic E-state index is 0.0962. The molecular weight excluding hydrogens is 348 g/mol. The Morgan fingerprint density at radius 3 is 2.15 bits per heavy atom. The van der Waals surface area contributed by atoms with Crippen molar-refractivity contribution >= 4 is 15.9 Å². The lowest BCUT2D eigenvalue weighted by Crippen LogP contribution is -2.50. The second kappa shape index (κ2) is 7.69. The number of piperidine rings is 2. The van der Waals surface area contributed by atoms with Gasteiger partial charge >= 0.3 is 0 Å². The van der Waals surface area contributed by atoms with Gasteiger partial charge in [0.15, 0.2) is 0 Å². The highest BCUT2D eigenvalue weighted by Gasteiger charge is 2.37. The van der Waals surface area contributed by atoms with Gasteiger partial charge in [-0.2, -0.15) is 4.31 Å². The van der Waals surface area contributed by atoms with Crippen molar-refractivity contribution in [3.05, 3.63) is 34.9 Å². The van der Waals surface area contributed by atoms with Gasteiger partial charge in [0.1, 0.15) is 0 Å². The fourth-order valence-electron chi connectivity index (χ4n) is 4.58. The van der Waals surface area contributed by atoms with Crippen molar-refractivity contribution in [1.82, 2.24) is 9.21 Å². The van der Waals surface area contributed by atoms with Gasteiger partial charge in [0.2, 0.25) is 10.0 Å². The molecule has 0 aromatic heterocycles. The van der Waals surface area contributed by atoms with Crippen molar-refractivity contribution in [2.75, 3.05) is 25.9 Å². The lowest BCUT2D eigenvalue weighted by atomic mass is 9.85. The number of carbonyl (C=O) groups excluding carboxylic acids is 1. The predicted octanol–water partition coefficient (Wildman–Crippen LogP) is 2.97. The first kappa shape index (κ1) is 19.4. The zero-order valence-corrected chi connectivity index (χ0v) is 16.9. The molecule has 2 saturated heterocycles. The van der Waals surface area contributed by atoms with E-state index in [9.17, 15) is 13.2 Å². The molecule has 0 N–H and O–H groups in total. The van der Waals surface area contributed by atoms with Gasteiger partial charge in [-0.05, 0) is 57.6 Å². The van der Waals surface area contributed by atoms with Gasteiger partial charge in [-0.15, -0.1) is 0 Å². The van der Waals surface area contributed by atoms with E-state index in [0.29, 0.717) is 25.6 Å². The quantitative estimate of drug-likeness (QED) is 0.812. The predicted molar refractivity (Wildman–Crippen MR) is 104 cm³/mol. The topological polar surface area (TPSA) is 57.7 Å². The number of likely N-dealkylation sites (tertiary alicyclic amines) is 1. The maximum atomic E-state index is 12.8. The molecule has 6 heteroatoms. The van der Waals surface area contributed by atoms with Crippen molar-refractivity contribution in [3.8, 4) is 0 Å². The van der Waals surface area contributed by atoms with Crippen LogP contribution in [0, 0.1) is 19.8 Å². The summed E-state index contributed by atoms with van der Waals surface area (Å²) in [6, 6.07) is 6.09. The number of rotatable bonds is 3. The van der Waals surface area contributed by atoms with Crippen molar-refractivity contribution in [2.45, 2.75) is 52.0 Å². The van der Waals surface area contributed by atoms with Crippen molar-refractivity contribution in [2.24, 2.45) is 5.92 Å². The highest BCUT2D eigenvalue weighted by Crippen LogP contribution is 2.32. The van der Waals surface area contributed by atoms with Crippen LogP contribution in [0.15, 0.2) is 18.2 Å². The Balaban J connectivity index is 1.66. The highest BCUT2D eigenvalue weighted by molar-refractivity contribution is 7.88. The molecule has 2 fully saturated rings. The molecule has 0 aliphatic carbocycles. The maximum absolute atomic E-state index is 12.8. The summed E-state index contributed by atoms with van der Waals surface area (Å²) in [4.78, 5) is 14.8. The van der Waals surface area contributed by atoms with Crippen LogP contribution in [-0.4, -0.2) is 55.5 Å². The molecule has 3 rings (SSSR count). The average Bonchev–Trinajstić information content (AvgIpc) is 2.60. The summed E-state index contributed by atoms with van der Waals surface area (Å²) in [7, 11) is -3.15. The van der Waals surface area contributed by atoms with E-state index in [4.69, 9.17) is 0 Å². The number of sulfonamides is 1. The van der Waals surface area contributed by atoms with Crippen LogP contribution in [0.5, 0.6) is 0 Å². The molecule has 0 spiro atoms. The van der Waals surface area contributed by atoms with Crippen molar-refractivity contribution in [3.63, 3.8) is 0 Å². The van der Waals surface area contributed by atoms with Gasteiger partial charge < -0.3 is 4.90 Å². The molecule has 2 aliphatic heterocycles. The normalized spacial score (nSPS) is 23.2. The van der Waals surface area contributed by atoms with E-state index in [1.807, 2.05) is 30.9 Å². The van der Waals surface area contributed by atoms with E-state index >= 15 is 0 Å². The summed E-state index contributed by atoms with van der Waals surface area (Å²) in [6.07, 6.45) is 6.08. The first-order chi connectivity index (χ1) is 12.3. The Morgan fingerprint density at radius 2 is 1.58 bits per heavy atom. The van der Waals surface area contributed by atoms with Crippen LogP contribution in [0.25, 0.3) is 0 Å². The van der Waals surface area contributed by atoms with Gasteiger partial charge in [0, 0.05) is 31.2 Å². The zero-order valence-electron chi connectivity index (χ0n) is 16.1. The highest BCUT2D eigenvalue weighted by atomic mass is 32.2. The van der Waals surface area contributed by atoms with Crippen LogP contribution in [-0.2, 0) is 10.0 Å². The number of carbonyl (C=O) groups is 1. The third-order valence-electron chi connectivity index (χ3n) is 5.76. The Morgan fingerprint density at radius 1 is 0.962 bits per heavy atom. The Hall–Kier alpha value is -1.40. The van der Waals surface area contributed by atoms with E-state index < -0.39 is 10.0 Å². The molecule has 144 valence electrons.